The van der Waals surface area contributed by atoms with E-state index in [1.54, 1.807) is 6.07 Å². The third kappa shape index (κ3) is 3.29. The third-order valence-corrected chi connectivity index (χ3v) is 4.60. The van der Waals surface area contributed by atoms with Crippen molar-refractivity contribution in [1.29, 1.82) is 0 Å². The highest BCUT2D eigenvalue weighted by Crippen LogP contribution is 2.29. The van der Waals surface area contributed by atoms with Crippen molar-refractivity contribution in [2.45, 2.75) is 31.9 Å². The standard InChI is InChI=1S/C13H18FNO2S/c1-2-11(15)7-18(16)8-12-6-9-5-10(14)3-4-13(9)17-12/h3-5,11-12H,2,6-8,15H2,1H3. The van der Waals surface area contributed by atoms with Gasteiger partial charge in [-0.3, -0.25) is 4.21 Å². The third-order valence-electron chi connectivity index (χ3n) is 3.06. The van der Waals surface area contributed by atoms with Crippen LogP contribution in [0.2, 0.25) is 0 Å². The first-order valence-corrected chi connectivity index (χ1v) is 7.63. The van der Waals surface area contributed by atoms with E-state index in [1.165, 1.54) is 12.1 Å². The summed E-state index contributed by atoms with van der Waals surface area (Å²) in [6.45, 7) is 1.98. The van der Waals surface area contributed by atoms with Crippen molar-refractivity contribution in [1.82, 2.24) is 0 Å². The van der Waals surface area contributed by atoms with Gasteiger partial charge in [-0.2, -0.15) is 0 Å². The largest absolute Gasteiger partial charge is 0.489 e. The second kappa shape index (κ2) is 5.80. The van der Waals surface area contributed by atoms with Gasteiger partial charge in [-0.25, -0.2) is 4.39 Å². The number of hydrogen-bond donors (Lipinski definition) is 1. The molecule has 1 aromatic rings. The molecular weight excluding hydrogens is 253 g/mol. The maximum atomic E-state index is 13.0. The first kappa shape index (κ1) is 13.5. The molecule has 0 aliphatic carbocycles. The van der Waals surface area contributed by atoms with E-state index in [-0.39, 0.29) is 18.0 Å². The summed E-state index contributed by atoms with van der Waals surface area (Å²) in [7, 11) is -0.977. The molecule has 2 N–H and O–H groups in total. The lowest BCUT2D eigenvalue weighted by Crippen LogP contribution is -2.31. The Hall–Kier alpha value is -0.940. The van der Waals surface area contributed by atoms with Crippen molar-refractivity contribution in [3.63, 3.8) is 0 Å². The van der Waals surface area contributed by atoms with E-state index < -0.39 is 10.8 Å². The Morgan fingerprint density at radius 2 is 2.39 bits per heavy atom. The summed E-state index contributed by atoms with van der Waals surface area (Å²) in [4.78, 5) is 0. The lowest BCUT2D eigenvalue weighted by Gasteiger charge is -2.12. The number of ether oxygens (including phenoxy) is 1. The molecule has 5 heteroatoms. The molecular formula is C13H18FNO2S. The van der Waals surface area contributed by atoms with Gasteiger partial charge in [-0.15, -0.1) is 0 Å². The molecule has 1 heterocycles. The fraction of sp³-hybridized carbons (Fsp3) is 0.538. The second-order valence-electron chi connectivity index (χ2n) is 4.64. The van der Waals surface area contributed by atoms with Gasteiger partial charge in [0.15, 0.2) is 0 Å². The molecule has 18 heavy (non-hydrogen) atoms. The highest BCUT2D eigenvalue weighted by atomic mass is 32.2. The first-order valence-electron chi connectivity index (χ1n) is 6.14. The minimum Gasteiger partial charge on any atom is -0.489 e. The maximum Gasteiger partial charge on any atom is 0.123 e. The number of benzene rings is 1. The molecule has 0 saturated heterocycles. The van der Waals surface area contributed by atoms with Crippen LogP contribution in [-0.4, -0.2) is 27.9 Å². The maximum absolute atomic E-state index is 13.0. The number of fused-ring (bicyclic) bond motifs is 1. The zero-order chi connectivity index (χ0) is 13.1. The smallest absolute Gasteiger partial charge is 0.123 e. The highest BCUT2D eigenvalue weighted by molar-refractivity contribution is 7.85. The normalized spacial score (nSPS) is 21.2. The van der Waals surface area contributed by atoms with Crippen LogP contribution in [0.4, 0.5) is 4.39 Å². The van der Waals surface area contributed by atoms with Crippen molar-refractivity contribution < 1.29 is 13.3 Å². The van der Waals surface area contributed by atoms with Gasteiger partial charge in [0.2, 0.25) is 0 Å². The minimum atomic E-state index is -0.977. The van der Waals surface area contributed by atoms with Crippen LogP contribution < -0.4 is 10.5 Å². The van der Waals surface area contributed by atoms with Gasteiger partial charge in [-0.05, 0) is 24.6 Å². The lowest BCUT2D eigenvalue weighted by molar-refractivity contribution is 0.258. The van der Waals surface area contributed by atoms with Gasteiger partial charge >= 0.3 is 0 Å². The first-order chi connectivity index (χ1) is 8.58. The summed E-state index contributed by atoms with van der Waals surface area (Å²) in [5.41, 5.74) is 6.63. The van der Waals surface area contributed by atoms with E-state index in [2.05, 4.69) is 0 Å². The predicted molar refractivity (Wildman–Crippen MR) is 70.7 cm³/mol. The van der Waals surface area contributed by atoms with Crippen LogP contribution in [-0.2, 0) is 17.2 Å². The minimum absolute atomic E-state index is 0.0212. The van der Waals surface area contributed by atoms with Crippen LogP contribution in [0.15, 0.2) is 18.2 Å². The Bertz CT molecular complexity index is 453. The molecule has 0 amide bonds. The number of halogens is 1. The van der Waals surface area contributed by atoms with E-state index in [4.69, 9.17) is 10.5 Å². The molecule has 2 rings (SSSR count). The molecule has 0 radical (unpaired) electrons. The molecule has 0 bridgehead atoms. The van der Waals surface area contributed by atoms with Crippen LogP contribution in [0.25, 0.3) is 0 Å². The number of nitrogens with two attached hydrogens (primary N) is 1. The Morgan fingerprint density at radius 1 is 1.61 bits per heavy atom. The van der Waals surface area contributed by atoms with Gasteiger partial charge in [0.05, 0.1) is 5.75 Å². The molecule has 3 atom stereocenters. The van der Waals surface area contributed by atoms with Crippen LogP contribution in [0.1, 0.15) is 18.9 Å². The van der Waals surface area contributed by atoms with Crippen LogP contribution in [0, 0.1) is 5.82 Å². The molecule has 0 spiro atoms. The average Bonchev–Trinajstić information content (AvgIpc) is 2.69. The van der Waals surface area contributed by atoms with Crippen LogP contribution in [0.5, 0.6) is 5.75 Å². The summed E-state index contributed by atoms with van der Waals surface area (Å²) < 4.78 is 30.5. The van der Waals surface area contributed by atoms with Gasteiger partial charge < -0.3 is 10.5 Å². The van der Waals surface area contributed by atoms with Crippen LogP contribution >= 0.6 is 0 Å². The van der Waals surface area contributed by atoms with E-state index in [0.717, 1.165) is 12.0 Å². The zero-order valence-corrected chi connectivity index (χ0v) is 11.2. The highest BCUT2D eigenvalue weighted by Gasteiger charge is 2.25. The van der Waals surface area contributed by atoms with Crippen molar-refractivity contribution in [3.8, 4) is 5.75 Å². The Labute approximate surface area is 109 Å². The lowest BCUT2D eigenvalue weighted by atomic mass is 10.1. The topological polar surface area (TPSA) is 52.3 Å². The number of rotatable bonds is 5. The molecule has 3 unspecified atom stereocenters. The number of hydrogen-bond acceptors (Lipinski definition) is 3. The fourth-order valence-corrected chi connectivity index (χ4v) is 3.46. The van der Waals surface area contributed by atoms with Crippen molar-refractivity contribution in [3.05, 3.63) is 29.6 Å². The van der Waals surface area contributed by atoms with Gasteiger partial charge in [0.1, 0.15) is 17.7 Å². The molecule has 1 aromatic carbocycles. The van der Waals surface area contributed by atoms with Crippen LogP contribution in [0.3, 0.4) is 0 Å². The molecule has 1 aliphatic heterocycles. The molecule has 0 saturated carbocycles. The summed E-state index contributed by atoms with van der Waals surface area (Å²) in [5, 5.41) is 0. The summed E-state index contributed by atoms with van der Waals surface area (Å²) >= 11 is 0. The van der Waals surface area contributed by atoms with E-state index in [9.17, 15) is 8.60 Å². The summed E-state index contributed by atoms with van der Waals surface area (Å²) in [6.07, 6.45) is 1.33. The van der Waals surface area contributed by atoms with Crippen molar-refractivity contribution in [2.75, 3.05) is 11.5 Å². The average molecular weight is 271 g/mol. The molecule has 100 valence electrons. The second-order valence-corrected chi connectivity index (χ2v) is 6.18. The van der Waals surface area contributed by atoms with Crippen molar-refractivity contribution >= 4 is 10.8 Å². The SMILES string of the molecule is CCC(N)CS(=O)CC1Cc2cc(F)ccc2O1. The zero-order valence-electron chi connectivity index (χ0n) is 10.4. The van der Waals surface area contributed by atoms with Crippen molar-refractivity contribution in [2.24, 2.45) is 5.73 Å². The quantitative estimate of drug-likeness (QED) is 0.885. The van der Waals surface area contributed by atoms with Gasteiger partial charge in [0.25, 0.3) is 0 Å². The Balaban J connectivity index is 1.89. The van der Waals surface area contributed by atoms with Gasteiger partial charge in [0, 0.05) is 34.6 Å². The van der Waals surface area contributed by atoms with Gasteiger partial charge in [-0.1, -0.05) is 6.92 Å². The Kier molecular flexibility index (Phi) is 4.35. The summed E-state index contributed by atoms with van der Waals surface area (Å²) in [6, 6.07) is 4.47. The molecule has 0 aromatic heterocycles. The fourth-order valence-electron chi connectivity index (χ4n) is 2.01. The summed E-state index contributed by atoms with van der Waals surface area (Å²) in [5.74, 6) is 1.41. The molecule has 0 fully saturated rings. The van der Waals surface area contributed by atoms with E-state index in [0.29, 0.717) is 23.7 Å². The molecule has 1 aliphatic rings. The monoisotopic (exact) mass is 271 g/mol. The molecule has 3 nitrogen and oxygen atoms in total. The Morgan fingerprint density at radius 3 is 3.11 bits per heavy atom. The predicted octanol–water partition coefficient (Wildman–Crippen LogP) is 1.62. The van der Waals surface area contributed by atoms with E-state index >= 15 is 0 Å². The van der Waals surface area contributed by atoms with E-state index in [1.807, 2.05) is 6.92 Å².